The van der Waals surface area contributed by atoms with Crippen LogP contribution in [0.5, 0.6) is 5.75 Å². The molecule has 0 aliphatic carbocycles. The number of amides is 1. The Morgan fingerprint density at radius 1 is 1.40 bits per heavy atom. The number of nitrogens with one attached hydrogen (secondary N) is 1. The molecule has 1 aromatic rings. The molecule has 20 heavy (non-hydrogen) atoms. The molecule has 0 bridgehead atoms. The van der Waals surface area contributed by atoms with E-state index < -0.39 is 11.9 Å². The van der Waals surface area contributed by atoms with Crippen LogP contribution in [0.1, 0.15) is 27.7 Å². The van der Waals surface area contributed by atoms with Crippen LogP contribution >= 0.6 is 0 Å². The highest BCUT2D eigenvalue weighted by atomic mass is 19.1. The zero-order valence-electron chi connectivity index (χ0n) is 12.4. The number of rotatable bonds is 5. The van der Waals surface area contributed by atoms with Gasteiger partial charge in [-0.3, -0.25) is 4.79 Å². The maximum absolute atomic E-state index is 13.4. The normalized spacial score (nSPS) is 14.5. The van der Waals surface area contributed by atoms with E-state index in [-0.39, 0.29) is 29.7 Å². The molecule has 112 valence electrons. The van der Waals surface area contributed by atoms with E-state index in [2.05, 4.69) is 5.32 Å². The first-order valence-electron chi connectivity index (χ1n) is 6.66. The van der Waals surface area contributed by atoms with Gasteiger partial charge in [0.25, 0.3) is 0 Å². The molecule has 0 fully saturated rings. The number of ether oxygens (including phenoxy) is 1. The predicted molar refractivity (Wildman–Crippen MR) is 76.9 cm³/mol. The summed E-state index contributed by atoms with van der Waals surface area (Å²) in [5, 5.41) is 2.72. The quantitative estimate of drug-likeness (QED) is 0.869. The second kappa shape index (κ2) is 6.70. The van der Waals surface area contributed by atoms with Gasteiger partial charge in [-0.25, -0.2) is 4.39 Å². The van der Waals surface area contributed by atoms with Crippen molar-refractivity contribution < 1.29 is 13.9 Å². The number of carbonyl (C=O) groups excluding carboxylic acids is 1. The summed E-state index contributed by atoms with van der Waals surface area (Å²) in [6.07, 6.45) is -0.344. The van der Waals surface area contributed by atoms with Crippen LogP contribution in [-0.2, 0) is 4.79 Å². The number of carbonyl (C=O) groups is 1. The number of para-hydroxylation sites is 1. The number of hydrogen-bond donors (Lipinski definition) is 2. The lowest BCUT2D eigenvalue weighted by atomic mass is 9.87. The van der Waals surface area contributed by atoms with E-state index in [1.165, 1.54) is 6.07 Å². The average molecular weight is 282 g/mol. The molecule has 0 saturated heterocycles. The number of halogens is 1. The molecule has 4 nitrogen and oxygen atoms in total. The van der Waals surface area contributed by atoms with E-state index in [1.54, 1.807) is 25.1 Å². The van der Waals surface area contributed by atoms with Crippen LogP contribution in [0.4, 0.5) is 4.39 Å². The lowest BCUT2D eigenvalue weighted by molar-refractivity contribution is -0.124. The fraction of sp³-hybridized carbons (Fsp3) is 0.533. The summed E-state index contributed by atoms with van der Waals surface area (Å²) in [4.78, 5) is 11.8. The monoisotopic (exact) mass is 282 g/mol. The molecule has 2 atom stereocenters. The standard InChI is InChI=1S/C15H23FN2O2/c1-10(20-12-8-6-5-7-11(12)16)9-18-14(19)13(17)15(2,3)4/h5-8,10,13H,9,17H2,1-4H3,(H,18,19)/t10?,13-/m1/s1. The van der Waals surface area contributed by atoms with E-state index >= 15 is 0 Å². The van der Waals surface area contributed by atoms with Crippen molar-refractivity contribution in [3.63, 3.8) is 0 Å². The first kappa shape index (κ1) is 16.4. The predicted octanol–water partition coefficient (Wildman–Crippen LogP) is 2.08. The van der Waals surface area contributed by atoms with Crippen LogP contribution in [0.2, 0.25) is 0 Å². The van der Waals surface area contributed by atoms with Crippen molar-refractivity contribution in [2.24, 2.45) is 11.1 Å². The molecule has 0 radical (unpaired) electrons. The lowest BCUT2D eigenvalue weighted by Gasteiger charge is -2.26. The molecule has 1 aromatic carbocycles. The van der Waals surface area contributed by atoms with Gasteiger partial charge in [0.05, 0.1) is 12.6 Å². The number of benzene rings is 1. The molecule has 0 aliphatic rings. The van der Waals surface area contributed by atoms with Crippen molar-refractivity contribution in [1.82, 2.24) is 5.32 Å². The minimum Gasteiger partial charge on any atom is -0.486 e. The van der Waals surface area contributed by atoms with Crippen LogP contribution in [0.25, 0.3) is 0 Å². The molecule has 0 heterocycles. The van der Waals surface area contributed by atoms with Crippen LogP contribution in [-0.4, -0.2) is 24.6 Å². The maximum atomic E-state index is 13.4. The van der Waals surface area contributed by atoms with Crippen molar-refractivity contribution in [1.29, 1.82) is 0 Å². The van der Waals surface area contributed by atoms with Gasteiger partial charge in [-0.2, -0.15) is 0 Å². The van der Waals surface area contributed by atoms with Gasteiger partial charge in [-0.05, 0) is 24.5 Å². The summed E-state index contributed by atoms with van der Waals surface area (Å²) in [7, 11) is 0. The topological polar surface area (TPSA) is 64.4 Å². The highest BCUT2D eigenvalue weighted by Crippen LogP contribution is 2.18. The van der Waals surface area contributed by atoms with Crippen LogP contribution in [0, 0.1) is 11.2 Å². The fourth-order valence-electron chi connectivity index (χ4n) is 1.55. The Morgan fingerprint density at radius 3 is 2.55 bits per heavy atom. The number of nitrogens with two attached hydrogens (primary N) is 1. The molecule has 3 N–H and O–H groups in total. The van der Waals surface area contributed by atoms with Crippen molar-refractivity contribution >= 4 is 5.91 Å². The summed E-state index contributed by atoms with van der Waals surface area (Å²) in [5.41, 5.74) is 5.54. The van der Waals surface area contributed by atoms with E-state index in [0.29, 0.717) is 0 Å². The summed E-state index contributed by atoms with van der Waals surface area (Å²) in [5.74, 6) is -0.479. The minimum absolute atomic E-state index is 0.175. The summed E-state index contributed by atoms with van der Waals surface area (Å²) < 4.78 is 18.8. The first-order chi connectivity index (χ1) is 9.21. The molecule has 5 heteroatoms. The second-order valence-corrected chi connectivity index (χ2v) is 5.95. The molecule has 1 rings (SSSR count). The highest BCUT2D eigenvalue weighted by Gasteiger charge is 2.27. The molecule has 1 amide bonds. The maximum Gasteiger partial charge on any atom is 0.237 e. The fourth-order valence-corrected chi connectivity index (χ4v) is 1.55. The van der Waals surface area contributed by atoms with E-state index in [9.17, 15) is 9.18 Å². The van der Waals surface area contributed by atoms with Crippen molar-refractivity contribution in [2.75, 3.05) is 6.54 Å². The molecule has 0 saturated carbocycles. The Morgan fingerprint density at radius 2 is 2.00 bits per heavy atom. The molecular formula is C15H23FN2O2. The molecule has 1 unspecified atom stereocenters. The van der Waals surface area contributed by atoms with E-state index in [4.69, 9.17) is 10.5 Å². The third kappa shape index (κ3) is 4.81. The van der Waals surface area contributed by atoms with Crippen LogP contribution in [0.3, 0.4) is 0 Å². The van der Waals surface area contributed by atoms with Gasteiger partial charge in [0.2, 0.25) is 5.91 Å². The average Bonchev–Trinajstić information content (AvgIpc) is 2.36. The van der Waals surface area contributed by atoms with Gasteiger partial charge in [0.15, 0.2) is 11.6 Å². The van der Waals surface area contributed by atoms with Crippen molar-refractivity contribution in [2.45, 2.75) is 39.8 Å². The van der Waals surface area contributed by atoms with E-state index in [0.717, 1.165) is 0 Å². The molecule has 0 aromatic heterocycles. The molecular weight excluding hydrogens is 259 g/mol. The third-order valence-corrected chi connectivity index (χ3v) is 2.94. The largest absolute Gasteiger partial charge is 0.486 e. The summed E-state index contributed by atoms with van der Waals surface area (Å²) >= 11 is 0. The second-order valence-electron chi connectivity index (χ2n) is 5.95. The van der Waals surface area contributed by atoms with Gasteiger partial charge in [-0.1, -0.05) is 32.9 Å². The van der Waals surface area contributed by atoms with Gasteiger partial charge in [0.1, 0.15) is 6.10 Å². The zero-order valence-corrected chi connectivity index (χ0v) is 12.4. The summed E-state index contributed by atoms with van der Waals surface area (Å²) in [6.45, 7) is 7.73. The zero-order chi connectivity index (χ0) is 15.3. The van der Waals surface area contributed by atoms with Gasteiger partial charge in [-0.15, -0.1) is 0 Å². The Hall–Kier alpha value is -1.62. The van der Waals surface area contributed by atoms with Crippen LogP contribution in [0.15, 0.2) is 24.3 Å². The highest BCUT2D eigenvalue weighted by molar-refractivity contribution is 5.82. The Balaban J connectivity index is 2.46. The lowest BCUT2D eigenvalue weighted by Crippen LogP contribution is -2.50. The summed E-state index contributed by atoms with van der Waals surface area (Å²) in [6, 6.07) is 5.57. The third-order valence-electron chi connectivity index (χ3n) is 2.94. The van der Waals surface area contributed by atoms with E-state index in [1.807, 2.05) is 20.8 Å². The first-order valence-corrected chi connectivity index (χ1v) is 6.66. The Kier molecular flexibility index (Phi) is 5.51. The Labute approximate surface area is 119 Å². The molecule has 0 aliphatic heterocycles. The Bertz CT molecular complexity index is 457. The van der Waals surface area contributed by atoms with Gasteiger partial charge < -0.3 is 15.8 Å². The van der Waals surface area contributed by atoms with Crippen LogP contribution < -0.4 is 15.8 Å². The number of hydrogen-bond acceptors (Lipinski definition) is 3. The SMILES string of the molecule is CC(CNC(=O)[C@@H](N)C(C)(C)C)Oc1ccccc1F. The van der Waals surface area contributed by atoms with Crippen molar-refractivity contribution in [3.05, 3.63) is 30.1 Å². The van der Waals surface area contributed by atoms with Gasteiger partial charge in [0, 0.05) is 0 Å². The van der Waals surface area contributed by atoms with Gasteiger partial charge >= 0.3 is 0 Å². The smallest absolute Gasteiger partial charge is 0.237 e. The minimum atomic E-state index is -0.594. The van der Waals surface area contributed by atoms with Crippen molar-refractivity contribution in [3.8, 4) is 5.75 Å². The molecule has 0 spiro atoms.